The molecule has 5 atom stereocenters. The van der Waals surface area contributed by atoms with E-state index in [1.807, 2.05) is 68.4 Å². The zero-order chi connectivity index (χ0) is 37.1. The second-order valence-electron chi connectivity index (χ2n) is 15.8. The van der Waals surface area contributed by atoms with Crippen LogP contribution >= 0.6 is 0 Å². The molecule has 3 N–H and O–H groups in total. The molecule has 0 heterocycles. The molecule has 2 bridgehead atoms. The van der Waals surface area contributed by atoms with Crippen LogP contribution in [0.15, 0.2) is 83.0 Å². The van der Waals surface area contributed by atoms with Gasteiger partial charge in [0.05, 0.1) is 5.41 Å². The van der Waals surface area contributed by atoms with Crippen LogP contribution in [0.5, 0.6) is 11.5 Å². The minimum Gasteiger partial charge on any atom is -0.506 e. The molecule has 5 unspecified atom stereocenters. The third-order valence-electron chi connectivity index (χ3n) is 11.1. The Kier molecular flexibility index (Phi) is 12.3. The van der Waals surface area contributed by atoms with Crippen molar-refractivity contribution in [1.82, 2.24) is 0 Å². The standard InChI is InChI=1S/C43H58O6/c1-26(2)13-12-21-41(11)33(18-15-28(5)6)25-42(24-32(30(9)10)16-14-27(3)4)38(47)36(37(46)31-17-19-34(44)35(45)23-31)39(48)43(41,40(42)49)22-20-29(7)8/h13,15,17,19-20,23,32-33,44-46H,3,9,12,14,16,18,21-22,24-25H2,1-2,4-8,10-11H3. The number of fused-ring (bicyclic) bond motifs is 2. The number of carbonyl (C=O) groups excluding carboxylic acids is 3. The van der Waals surface area contributed by atoms with E-state index in [2.05, 4.69) is 25.3 Å². The number of rotatable bonds is 14. The SMILES string of the molecule is C=C(C)CCC(CC12CC(CC=C(C)C)C(C)(CCC=C(C)C)C(CC=C(C)C)(C(=O)C(=C(O)c3ccc(O)c(O)c3)C1=O)C2=O)C(=C)C. The number of hydrogen-bond acceptors (Lipinski definition) is 6. The van der Waals surface area contributed by atoms with E-state index in [4.69, 9.17) is 0 Å². The van der Waals surface area contributed by atoms with E-state index in [9.17, 15) is 15.3 Å². The summed E-state index contributed by atoms with van der Waals surface area (Å²) >= 11 is 0. The fraction of sp³-hybridized carbons (Fsp3) is 0.512. The number of allylic oxidation sites excluding steroid dienone is 9. The van der Waals surface area contributed by atoms with Gasteiger partial charge in [-0.2, -0.15) is 0 Å². The summed E-state index contributed by atoms with van der Waals surface area (Å²) in [5, 5.41) is 32.2. The Morgan fingerprint density at radius 2 is 1.51 bits per heavy atom. The maximum absolute atomic E-state index is 15.7. The van der Waals surface area contributed by atoms with Crippen LogP contribution in [0, 0.1) is 28.1 Å². The predicted octanol–water partition coefficient (Wildman–Crippen LogP) is 10.5. The first-order valence-corrected chi connectivity index (χ1v) is 17.5. The lowest BCUT2D eigenvalue weighted by atomic mass is 9.37. The lowest BCUT2D eigenvalue weighted by molar-refractivity contribution is -0.180. The molecule has 0 aliphatic heterocycles. The van der Waals surface area contributed by atoms with Gasteiger partial charge in [-0.15, -0.1) is 6.58 Å². The first-order chi connectivity index (χ1) is 22.7. The maximum Gasteiger partial charge on any atom is 0.184 e. The Morgan fingerprint density at radius 3 is 2.04 bits per heavy atom. The lowest BCUT2D eigenvalue weighted by Gasteiger charge is -2.62. The van der Waals surface area contributed by atoms with Crippen LogP contribution in [0.2, 0.25) is 0 Å². The molecule has 0 radical (unpaired) electrons. The molecular formula is C43H58O6. The summed E-state index contributed by atoms with van der Waals surface area (Å²) in [7, 11) is 0. The first-order valence-electron chi connectivity index (χ1n) is 17.5. The van der Waals surface area contributed by atoms with Crippen LogP contribution in [0.4, 0.5) is 0 Å². The number of carbonyl (C=O) groups is 3. The first kappa shape index (κ1) is 39.5. The number of Topliss-reactive ketones (excluding diaryl/α,β-unsaturated/α-hetero) is 3. The van der Waals surface area contributed by atoms with Crippen molar-refractivity contribution in [3.8, 4) is 11.5 Å². The van der Waals surface area contributed by atoms with Gasteiger partial charge in [0.2, 0.25) is 0 Å². The number of hydrogen-bond donors (Lipinski definition) is 3. The number of aliphatic hydroxyl groups is 1. The highest BCUT2D eigenvalue weighted by molar-refractivity contribution is 6.41. The normalized spacial score (nSPS) is 26.5. The number of aromatic hydroxyl groups is 2. The Hall–Kier alpha value is -3.93. The Balaban J connectivity index is 2.54. The Bertz CT molecular complexity index is 1640. The largest absolute Gasteiger partial charge is 0.506 e. The van der Waals surface area contributed by atoms with Gasteiger partial charge in [-0.1, -0.05) is 59.6 Å². The van der Waals surface area contributed by atoms with E-state index < -0.39 is 50.6 Å². The highest BCUT2D eigenvalue weighted by Crippen LogP contribution is 2.67. The summed E-state index contributed by atoms with van der Waals surface area (Å²) in [4.78, 5) is 46.2. The van der Waals surface area contributed by atoms with Crippen molar-refractivity contribution in [2.45, 2.75) is 114 Å². The lowest BCUT2D eigenvalue weighted by Crippen LogP contribution is -2.70. The number of benzene rings is 1. The molecule has 49 heavy (non-hydrogen) atoms. The van der Waals surface area contributed by atoms with E-state index in [1.54, 1.807) is 0 Å². The molecule has 2 fully saturated rings. The molecule has 266 valence electrons. The van der Waals surface area contributed by atoms with Crippen molar-refractivity contribution in [2.24, 2.45) is 28.1 Å². The van der Waals surface area contributed by atoms with Gasteiger partial charge in [0.15, 0.2) is 28.8 Å². The Labute approximate surface area is 294 Å². The molecule has 6 nitrogen and oxygen atoms in total. The zero-order valence-electron chi connectivity index (χ0n) is 31.3. The zero-order valence-corrected chi connectivity index (χ0v) is 31.3. The minimum atomic E-state index is -1.65. The van der Waals surface area contributed by atoms with E-state index in [-0.39, 0.29) is 42.4 Å². The highest BCUT2D eigenvalue weighted by atomic mass is 16.3. The van der Waals surface area contributed by atoms with Crippen LogP contribution in [0.3, 0.4) is 0 Å². The van der Waals surface area contributed by atoms with Crippen molar-refractivity contribution >= 4 is 23.1 Å². The number of phenols is 2. The minimum absolute atomic E-state index is 0.0120. The van der Waals surface area contributed by atoms with Gasteiger partial charge in [0, 0.05) is 5.56 Å². The van der Waals surface area contributed by atoms with Gasteiger partial charge in [-0.05, 0) is 142 Å². The fourth-order valence-electron chi connectivity index (χ4n) is 8.11. The second kappa shape index (κ2) is 15.3. The van der Waals surface area contributed by atoms with E-state index in [1.165, 1.54) is 12.1 Å². The van der Waals surface area contributed by atoms with Crippen molar-refractivity contribution in [1.29, 1.82) is 0 Å². The van der Waals surface area contributed by atoms with Crippen LogP contribution in [0.25, 0.3) is 5.76 Å². The maximum atomic E-state index is 15.7. The molecular weight excluding hydrogens is 612 g/mol. The predicted molar refractivity (Wildman–Crippen MR) is 199 cm³/mol. The van der Waals surface area contributed by atoms with Crippen LogP contribution in [-0.2, 0) is 14.4 Å². The molecule has 2 saturated carbocycles. The summed E-state index contributed by atoms with van der Waals surface area (Å²) in [5.74, 6) is -3.59. The number of phenolic OH excluding ortho intramolecular Hbond substituents is 2. The molecule has 3 rings (SSSR count). The van der Waals surface area contributed by atoms with Crippen molar-refractivity contribution in [2.75, 3.05) is 0 Å². The third kappa shape index (κ3) is 7.64. The smallest absolute Gasteiger partial charge is 0.184 e. The average Bonchev–Trinajstić information content (AvgIpc) is 3.00. The van der Waals surface area contributed by atoms with Crippen molar-refractivity contribution < 1.29 is 29.7 Å². The molecule has 0 saturated heterocycles. The van der Waals surface area contributed by atoms with E-state index >= 15 is 14.4 Å². The van der Waals surface area contributed by atoms with Gasteiger partial charge in [-0.3, -0.25) is 14.4 Å². The van der Waals surface area contributed by atoms with Gasteiger partial charge >= 0.3 is 0 Å². The summed E-state index contributed by atoms with van der Waals surface area (Å²) < 4.78 is 0. The second-order valence-corrected chi connectivity index (χ2v) is 15.8. The fourth-order valence-corrected chi connectivity index (χ4v) is 8.11. The summed E-state index contributed by atoms with van der Waals surface area (Å²) in [6.07, 6.45) is 9.83. The topological polar surface area (TPSA) is 112 Å². The molecule has 6 heteroatoms. The molecule has 0 spiro atoms. The van der Waals surface area contributed by atoms with E-state index in [0.29, 0.717) is 32.1 Å². The third-order valence-corrected chi connectivity index (χ3v) is 11.1. The Morgan fingerprint density at radius 1 is 0.898 bits per heavy atom. The van der Waals surface area contributed by atoms with Gasteiger partial charge in [0.25, 0.3) is 0 Å². The van der Waals surface area contributed by atoms with E-state index in [0.717, 1.165) is 33.9 Å². The molecule has 0 amide bonds. The summed E-state index contributed by atoms with van der Waals surface area (Å²) in [5.41, 5.74) is 0.507. The number of ketones is 3. The summed E-state index contributed by atoms with van der Waals surface area (Å²) in [6, 6.07) is 3.69. The van der Waals surface area contributed by atoms with Crippen LogP contribution in [0.1, 0.15) is 119 Å². The number of aliphatic hydroxyl groups excluding tert-OH is 1. The highest BCUT2D eigenvalue weighted by Gasteiger charge is 2.74. The molecule has 2 aliphatic carbocycles. The van der Waals surface area contributed by atoms with Crippen LogP contribution < -0.4 is 0 Å². The molecule has 1 aromatic carbocycles. The van der Waals surface area contributed by atoms with Crippen LogP contribution in [-0.4, -0.2) is 32.7 Å². The monoisotopic (exact) mass is 670 g/mol. The summed E-state index contributed by atoms with van der Waals surface area (Å²) in [6.45, 7) is 26.2. The molecule has 1 aromatic rings. The average molecular weight is 671 g/mol. The van der Waals surface area contributed by atoms with Crippen molar-refractivity contribution in [3.63, 3.8) is 0 Å². The quantitative estimate of drug-likeness (QED) is 0.0453. The van der Waals surface area contributed by atoms with Gasteiger partial charge in [0.1, 0.15) is 16.7 Å². The van der Waals surface area contributed by atoms with Crippen molar-refractivity contribution in [3.05, 3.63) is 88.6 Å². The van der Waals surface area contributed by atoms with Gasteiger partial charge in [-0.25, -0.2) is 0 Å². The van der Waals surface area contributed by atoms with Gasteiger partial charge < -0.3 is 15.3 Å². The molecule has 2 aliphatic rings. The molecule has 0 aromatic heterocycles.